The topological polar surface area (TPSA) is 32.8 Å². The Morgan fingerprint density at radius 2 is 1.92 bits per heavy atom. The van der Waals surface area contributed by atoms with Gasteiger partial charge in [-0.1, -0.05) is 30.8 Å². The van der Waals surface area contributed by atoms with E-state index in [0.717, 1.165) is 18.8 Å². The molecule has 0 aliphatic carbocycles. The van der Waals surface area contributed by atoms with Crippen LogP contribution in [-0.4, -0.2) is 38.1 Å². The zero-order valence-electron chi connectivity index (χ0n) is 15.2. The van der Waals surface area contributed by atoms with E-state index >= 15 is 0 Å². The fourth-order valence-corrected chi connectivity index (χ4v) is 4.17. The molecule has 0 radical (unpaired) electrons. The van der Waals surface area contributed by atoms with Gasteiger partial charge in [0.15, 0.2) is 0 Å². The van der Waals surface area contributed by atoms with Gasteiger partial charge >= 0.3 is 0 Å². The molecule has 4 nitrogen and oxygen atoms in total. The van der Waals surface area contributed by atoms with Gasteiger partial charge in [-0.05, 0) is 30.2 Å². The molecule has 0 saturated carbocycles. The molecule has 0 bridgehead atoms. The number of anilines is 2. The minimum Gasteiger partial charge on any atom is -0.497 e. The number of para-hydroxylation sites is 1. The second-order valence-electron chi connectivity index (χ2n) is 6.52. The Labute approximate surface area is 153 Å². The molecule has 0 unspecified atom stereocenters. The summed E-state index contributed by atoms with van der Waals surface area (Å²) >= 11 is 1.79. The minimum atomic E-state index is 0.100. The van der Waals surface area contributed by atoms with Gasteiger partial charge in [0.25, 0.3) is 0 Å². The van der Waals surface area contributed by atoms with E-state index in [2.05, 4.69) is 48.2 Å². The zero-order chi connectivity index (χ0) is 18.0. The lowest BCUT2D eigenvalue weighted by Crippen LogP contribution is -2.35. The molecule has 2 aromatic rings. The van der Waals surface area contributed by atoms with E-state index in [4.69, 9.17) is 4.74 Å². The van der Waals surface area contributed by atoms with Crippen LogP contribution in [0.3, 0.4) is 0 Å². The highest BCUT2D eigenvalue weighted by atomic mass is 32.2. The van der Waals surface area contributed by atoms with Crippen molar-refractivity contribution in [2.45, 2.75) is 23.6 Å². The molecule has 0 spiro atoms. The van der Waals surface area contributed by atoms with E-state index in [0.29, 0.717) is 5.92 Å². The summed E-state index contributed by atoms with van der Waals surface area (Å²) in [6.45, 7) is 5.37. The van der Waals surface area contributed by atoms with Crippen LogP contribution in [0.5, 0.6) is 5.75 Å². The van der Waals surface area contributed by atoms with E-state index in [1.165, 1.54) is 21.2 Å². The molecule has 0 saturated heterocycles. The van der Waals surface area contributed by atoms with Crippen LogP contribution >= 0.6 is 11.8 Å². The monoisotopic (exact) mass is 356 g/mol. The molecule has 1 heterocycles. The van der Waals surface area contributed by atoms with Crippen molar-refractivity contribution in [2.24, 2.45) is 5.92 Å². The van der Waals surface area contributed by atoms with Crippen molar-refractivity contribution in [3.8, 4) is 5.75 Å². The van der Waals surface area contributed by atoms with Gasteiger partial charge in [0.05, 0.1) is 18.5 Å². The van der Waals surface area contributed by atoms with Gasteiger partial charge in [0.1, 0.15) is 5.75 Å². The highest BCUT2D eigenvalue weighted by molar-refractivity contribution is 7.99. The molecule has 1 aliphatic rings. The first-order valence-electron chi connectivity index (χ1n) is 8.43. The number of carbonyl (C=O) groups is 1. The number of fused-ring (bicyclic) bond motifs is 2. The van der Waals surface area contributed by atoms with Gasteiger partial charge in [-0.15, -0.1) is 0 Å². The molecule has 3 rings (SSSR count). The lowest BCUT2D eigenvalue weighted by molar-refractivity contribution is -0.128. The van der Waals surface area contributed by atoms with Crippen LogP contribution in [0, 0.1) is 5.92 Å². The van der Waals surface area contributed by atoms with Crippen LogP contribution in [0.15, 0.2) is 52.3 Å². The fourth-order valence-electron chi connectivity index (χ4n) is 3.10. The smallest absolute Gasteiger partial charge is 0.219 e. The maximum atomic E-state index is 11.5. The molecular formula is C20H24N2O2S. The fraction of sp³-hybridized carbons (Fsp3) is 0.350. The standard InChI is InChI=1S/C20H24N2O2S/c1-14(12-21(3)15(2)23)13-22-17-7-5-6-8-19(17)25-20-10-9-16(24-4)11-18(20)22/h5-11,14H,12-13H2,1-4H3/t14-/m1/s1. The van der Waals surface area contributed by atoms with E-state index in [1.807, 2.05) is 13.1 Å². The maximum Gasteiger partial charge on any atom is 0.219 e. The third-order valence-electron chi connectivity index (χ3n) is 4.45. The number of benzene rings is 2. The Bertz CT molecular complexity index is 778. The Morgan fingerprint density at radius 3 is 2.64 bits per heavy atom. The second-order valence-corrected chi connectivity index (χ2v) is 7.60. The number of hydrogen-bond acceptors (Lipinski definition) is 4. The molecule has 25 heavy (non-hydrogen) atoms. The molecule has 0 aromatic heterocycles. The minimum absolute atomic E-state index is 0.100. The van der Waals surface area contributed by atoms with Crippen LogP contribution in [0.1, 0.15) is 13.8 Å². The summed E-state index contributed by atoms with van der Waals surface area (Å²) in [5, 5.41) is 0. The Kier molecular flexibility index (Phi) is 5.23. The largest absolute Gasteiger partial charge is 0.497 e. The summed E-state index contributed by atoms with van der Waals surface area (Å²) in [7, 11) is 3.55. The quantitative estimate of drug-likeness (QED) is 0.794. The number of amides is 1. The summed E-state index contributed by atoms with van der Waals surface area (Å²) in [5.41, 5.74) is 2.38. The van der Waals surface area contributed by atoms with Gasteiger partial charge in [-0.3, -0.25) is 4.79 Å². The van der Waals surface area contributed by atoms with Crippen molar-refractivity contribution in [3.05, 3.63) is 42.5 Å². The molecule has 1 amide bonds. The van der Waals surface area contributed by atoms with Gasteiger partial charge in [-0.2, -0.15) is 0 Å². The number of carbonyl (C=O) groups excluding carboxylic acids is 1. The molecule has 0 N–H and O–H groups in total. The predicted octanol–water partition coefficient (Wildman–Crippen LogP) is 4.41. The molecular weight excluding hydrogens is 332 g/mol. The SMILES string of the molecule is COc1ccc2c(c1)N(C[C@H](C)CN(C)C(C)=O)c1ccccc1S2. The van der Waals surface area contributed by atoms with Crippen molar-refractivity contribution < 1.29 is 9.53 Å². The van der Waals surface area contributed by atoms with Gasteiger partial charge in [0, 0.05) is 42.9 Å². The van der Waals surface area contributed by atoms with Crippen LogP contribution in [0.25, 0.3) is 0 Å². The lowest BCUT2D eigenvalue weighted by Gasteiger charge is -2.35. The first-order valence-corrected chi connectivity index (χ1v) is 9.25. The van der Waals surface area contributed by atoms with Gasteiger partial charge in [0.2, 0.25) is 5.91 Å². The van der Waals surface area contributed by atoms with E-state index in [1.54, 1.807) is 30.7 Å². The van der Waals surface area contributed by atoms with Crippen molar-refractivity contribution in [1.29, 1.82) is 0 Å². The van der Waals surface area contributed by atoms with E-state index < -0.39 is 0 Å². The number of hydrogen-bond donors (Lipinski definition) is 0. The Balaban J connectivity index is 1.93. The lowest BCUT2D eigenvalue weighted by atomic mass is 10.1. The number of rotatable bonds is 5. The first-order chi connectivity index (χ1) is 12.0. The van der Waals surface area contributed by atoms with Crippen LogP contribution in [-0.2, 0) is 4.79 Å². The van der Waals surface area contributed by atoms with Crippen molar-refractivity contribution in [3.63, 3.8) is 0 Å². The summed E-state index contributed by atoms with van der Waals surface area (Å²) < 4.78 is 5.43. The van der Waals surface area contributed by atoms with Crippen LogP contribution < -0.4 is 9.64 Å². The molecule has 132 valence electrons. The van der Waals surface area contributed by atoms with Crippen LogP contribution in [0.4, 0.5) is 11.4 Å². The van der Waals surface area contributed by atoms with Gasteiger partial charge < -0.3 is 14.5 Å². The highest BCUT2D eigenvalue weighted by Gasteiger charge is 2.25. The third-order valence-corrected chi connectivity index (χ3v) is 5.58. The van der Waals surface area contributed by atoms with Crippen molar-refractivity contribution in [1.82, 2.24) is 4.90 Å². The molecule has 0 fully saturated rings. The Morgan fingerprint density at radius 1 is 1.20 bits per heavy atom. The van der Waals surface area contributed by atoms with Crippen molar-refractivity contribution >= 4 is 29.0 Å². The average Bonchev–Trinajstić information content (AvgIpc) is 2.61. The van der Waals surface area contributed by atoms with E-state index in [-0.39, 0.29) is 5.91 Å². The molecule has 1 atom stereocenters. The summed E-state index contributed by atoms with van der Waals surface area (Å²) in [6, 6.07) is 14.7. The number of methoxy groups -OCH3 is 1. The molecule has 5 heteroatoms. The molecule has 2 aromatic carbocycles. The van der Waals surface area contributed by atoms with Gasteiger partial charge in [-0.25, -0.2) is 0 Å². The number of nitrogens with zero attached hydrogens (tertiary/aromatic N) is 2. The summed E-state index contributed by atoms with van der Waals surface area (Å²) in [6.07, 6.45) is 0. The Hall–Kier alpha value is -2.14. The van der Waals surface area contributed by atoms with Crippen LogP contribution in [0.2, 0.25) is 0 Å². The predicted molar refractivity (Wildman–Crippen MR) is 103 cm³/mol. The average molecular weight is 356 g/mol. The zero-order valence-corrected chi connectivity index (χ0v) is 16.0. The number of ether oxygens (including phenoxy) is 1. The maximum absolute atomic E-state index is 11.5. The third kappa shape index (κ3) is 3.76. The second kappa shape index (κ2) is 7.40. The van der Waals surface area contributed by atoms with Crippen molar-refractivity contribution in [2.75, 3.05) is 32.1 Å². The summed E-state index contributed by atoms with van der Waals surface area (Å²) in [4.78, 5) is 18.2. The van der Waals surface area contributed by atoms with E-state index in [9.17, 15) is 4.79 Å². The normalized spacial score (nSPS) is 13.7. The first kappa shape index (κ1) is 17.7. The summed E-state index contributed by atoms with van der Waals surface area (Å²) in [5.74, 6) is 1.30. The molecule has 1 aliphatic heterocycles. The highest BCUT2D eigenvalue weighted by Crippen LogP contribution is 2.49.